The van der Waals surface area contributed by atoms with Gasteiger partial charge < -0.3 is 33.7 Å². The molecule has 11 heteroatoms. The van der Waals surface area contributed by atoms with Crippen LogP contribution in [0.4, 0.5) is 0 Å². The number of nitrogens with one attached hydrogen (secondary N) is 1. The minimum absolute atomic E-state index is 0.117. The molecule has 0 aromatic rings. The lowest BCUT2D eigenvalue weighted by Gasteiger charge is -2.44. The Kier molecular flexibility index (Phi) is 8.47. The number of allylic oxidation sites excluding steroid dienone is 1. The first-order valence-corrected chi connectivity index (χ1v) is 10.5. The SMILES string of the molecule is CC(=O)OC[C@H]1OC(S)[C@H](NC(C)=C2OCC(C)(C)CO2)[C@@H](OC(C)=O)[C@@H]1OC(C)=O. The topological polar surface area (TPSA) is 119 Å². The van der Waals surface area contributed by atoms with Gasteiger partial charge in [-0.3, -0.25) is 14.4 Å². The molecule has 2 heterocycles. The normalized spacial score (nSPS) is 29.6. The van der Waals surface area contributed by atoms with Gasteiger partial charge in [-0.05, 0) is 6.92 Å². The molecule has 10 nitrogen and oxygen atoms in total. The molecule has 0 radical (unpaired) electrons. The molecular weight excluding hydrogens is 430 g/mol. The number of thiol groups is 1. The summed E-state index contributed by atoms with van der Waals surface area (Å²) in [6, 6.07) is -0.722. The fourth-order valence-electron chi connectivity index (χ4n) is 3.20. The summed E-state index contributed by atoms with van der Waals surface area (Å²) in [5.74, 6) is -1.40. The Bertz CT molecular complexity index is 711. The molecular formula is C20H31NO9S. The standard InChI is InChI=1S/C20H31NO9S/c1-10(18-26-8-20(5,6)9-27-18)21-15-17(29-13(4)24)16(28-12(3)23)14(30-19(15)31)7-25-11(2)22/h14-17,19,21,31H,7-9H2,1-6H3/t14-,15-,16-,17-,19?/m1/s1. The van der Waals surface area contributed by atoms with Crippen LogP contribution in [0.5, 0.6) is 0 Å². The predicted octanol–water partition coefficient (Wildman–Crippen LogP) is 1.29. The molecule has 0 aromatic carbocycles. The molecule has 0 aliphatic carbocycles. The molecule has 2 rings (SSSR count). The summed E-state index contributed by atoms with van der Waals surface area (Å²) in [5.41, 5.74) is -0.373. The van der Waals surface area contributed by atoms with Gasteiger partial charge in [-0.1, -0.05) is 13.8 Å². The van der Waals surface area contributed by atoms with Gasteiger partial charge >= 0.3 is 17.9 Å². The van der Waals surface area contributed by atoms with Crippen LogP contribution in [0.15, 0.2) is 11.6 Å². The van der Waals surface area contributed by atoms with Gasteiger partial charge in [0, 0.05) is 26.2 Å². The van der Waals surface area contributed by atoms with E-state index in [0.29, 0.717) is 24.9 Å². The summed E-state index contributed by atoms with van der Waals surface area (Å²) in [5, 5.41) is 3.16. The van der Waals surface area contributed by atoms with E-state index in [9.17, 15) is 14.4 Å². The van der Waals surface area contributed by atoms with Crippen molar-refractivity contribution in [3.8, 4) is 0 Å². The molecule has 176 valence electrons. The number of ether oxygens (including phenoxy) is 6. The Morgan fingerprint density at radius 3 is 2.06 bits per heavy atom. The zero-order valence-corrected chi connectivity index (χ0v) is 19.5. The Hall–Kier alpha value is -2.14. The second-order valence-electron chi connectivity index (χ2n) is 8.34. The molecule has 2 fully saturated rings. The largest absolute Gasteiger partial charge is 0.463 e. The van der Waals surface area contributed by atoms with Gasteiger partial charge in [-0.2, -0.15) is 0 Å². The van der Waals surface area contributed by atoms with E-state index in [-0.39, 0.29) is 12.0 Å². The fraction of sp³-hybridized carbons (Fsp3) is 0.750. The van der Waals surface area contributed by atoms with Crippen LogP contribution < -0.4 is 5.32 Å². The third-order valence-corrected chi connectivity index (χ3v) is 5.04. The Morgan fingerprint density at radius 2 is 1.55 bits per heavy atom. The second-order valence-corrected chi connectivity index (χ2v) is 8.85. The average Bonchev–Trinajstić information content (AvgIpc) is 2.64. The molecule has 31 heavy (non-hydrogen) atoms. The number of carbonyl (C=O) groups excluding carboxylic acids is 3. The third kappa shape index (κ3) is 7.20. The molecule has 1 unspecified atom stereocenters. The number of hydrogen-bond acceptors (Lipinski definition) is 11. The molecule has 0 bridgehead atoms. The van der Waals surface area contributed by atoms with Gasteiger partial charge in [0.05, 0.1) is 18.9 Å². The van der Waals surface area contributed by atoms with E-state index in [4.69, 9.17) is 28.4 Å². The first-order valence-electron chi connectivity index (χ1n) is 9.94. The predicted molar refractivity (Wildman–Crippen MR) is 111 cm³/mol. The van der Waals surface area contributed by atoms with Gasteiger partial charge in [0.15, 0.2) is 12.2 Å². The van der Waals surface area contributed by atoms with Crippen LogP contribution in [0, 0.1) is 5.41 Å². The lowest BCUT2D eigenvalue weighted by atomic mass is 9.96. The van der Waals surface area contributed by atoms with Gasteiger partial charge in [0.2, 0.25) is 0 Å². The van der Waals surface area contributed by atoms with Crippen LogP contribution in [0.25, 0.3) is 0 Å². The molecule has 0 amide bonds. The summed E-state index contributed by atoms with van der Waals surface area (Å²) in [6.45, 7) is 10.2. The van der Waals surface area contributed by atoms with Crippen molar-refractivity contribution in [2.45, 2.75) is 71.3 Å². The Balaban J connectivity index is 2.28. The minimum Gasteiger partial charge on any atom is -0.463 e. The average molecular weight is 462 g/mol. The summed E-state index contributed by atoms with van der Waals surface area (Å²) in [6.07, 6.45) is -2.89. The molecule has 0 spiro atoms. The van der Waals surface area contributed by atoms with Crippen molar-refractivity contribution in [1.82, 2.24) is 5.32 Å². The highest BCUT2D eigenvalue weighted by Gasteiger charge is 2.49. The lowest BCUT2D eigenvalue weighted by Crippen LogP contribution is -2.64. The van der Waals surface area contributed by atoms with Crippen molar-refractivity contribution in [2.24, 2.45) is 5.41 Å². The molecule has 2 aliphatic rings. The molecule has 0 saturated carbocycles. The van der Waals surface area contributed by atoms with E-state index in [0.717, 1.165) is 0 Å². The van der Waals surface area contributed by atoms with Gasteiger partial charge in [-0.25, -0.2) is 0 Å². The van der Waals surface area contributed by atoms with Crippen LogP contribution in [-0.4, -0.2) is 67.5 Å². The quantitative estimate of drug-likeness (QED) is 0.340. The Morgan fingerprint density at radius 1 is 1.00 bits per heavy atom. The van der Waals surface area contributed by atoms with E-state index in [1.807, 2.05) is 13.8 Å². The highest BCUT2D eigenvalue weighted by molar-refractivity contribution is 7.80. The van der Waals surface area contributed by atoms with Crippen molar-refractivity contribution in [1.29, 1.82) is 0 Å². The van der Waals surface area contributed by atoms with Crippen molar-refractivity contribution in [3.63, 3.8) is 0 Å². The number of rotatable bonds is 6. The van der Waals surface area contributed by atoms with E-state index in [1.54, 1.807) is 6.92 Å². The van der Waals surface area contributed by atoms with Crippen molar-refractivity contribution >= 4 is 30.5 Å². The van der Waals surface area contributed by atoms with Gasteiger partial charge in [0.25, 0.3) is 5.95 Å². The zero-order chi connectivity index (χ0) is 23.3. The van der Waals surface area contributed by atoms with Crippen LogP contribution in [0.1, 0.15) is 41.5 Å². The Labute approximate surface area is 187 Å². The van der Waals surface area contributed by atoms with Crippen molar-refractivity contribution in [3.05, 3.63) is 11.6 Å². The van der Waals surface area contributed by atoms with Crippen LogP contribution in [0.3, 0.4) is 0 Å². The second kappa shape index (κ2) is 10.4. The first-order chi connectivity index (χ1) is 14.4. The fourth-order valence-corrected chi connectivity index (χ4v) is 3.60. The first kappa shape index (κ1) is 25.1. The summed E-state index contributed by atoms with van der Waals surface area (Å²) < 4.78 is 33.2. The van der Waals surface area contributed by atoms with Crippen LogP contribution >= 0.6 is 12.6 Å². The molecule has 5 atom stereocenters. The molecule has 1 N–H and O–H groups in total. The highest BCUT2D eigenvalue weighted by Crippen LogP contribution is 2.31. The third-order valence-electron chi connectivity index (χ3n) is 4.60. The number of carbonyl (C=O) groups is 3. The summed E-state index contributed by atoms with van der Waals surface area (Å²) >= 11 is 4.48. The lowest BCUT2D eigenvalue weighted by molar-refractivity contribution is -0.211. The van der Waals surface area contributed by atoms with E-state index >= 15 is 0 Å². The smallest absolute Gasteiger partial charge is 0.303 e. The van der Waals surface area contributed by atoms with Gasteiger partial charge in [-0.15, -0.1) is 12.6 Å². The molecule has 0 aromatic heterocycles. The molecule has 2 saturated heterocycles. The minimum atomic E-state index is -1.04. The number of esters is 3. The summed E-state index contributed by atoms with van der Waals surface area (Å²) in [4.78, 5) is 34.8. The number of hydrogen-bond donors (Lipinski definition) is 2. The van der Waals surface area contributed by atoms with E-state index in [2.05, 4.69) is 17.9 Å². The summed E-state index contributed by atoms with van der Waals surface area (Å²) in [7, 11) is 0. The van der Waals surface area contributed by atoms with E-state index in [1.165, 1.54) is 20.8 Å². The highest BCUT2D eigenvalue weighted by atomic mass is 32.1. The van der Waals surface area contributed by atoms with Crippen LogP contribution in [-0.2, 0) is 42.8 Å². The maximum Gasteiger partial charge on any atom is 0.303 e. The zero-order valence-electron chi connectivity index (χ0n) is 18.6. The van der Waals surface area contributed by atoms with Crippen molar-refractivity contribution in [2.75, 3.05) is 19.8 Å². The maximum atomic E-state index is 11.8. The van der Waals surface area contributed by atoms with E-state index < -0.39 is 47.7 Å². The molecule has 2 aliphatic heterocycles. The monoisotopic (exact) mass is 461 g/mol. The maximum absolute atomic E-state index is 11.8. The van der Waals surface area contributed by atoms with Gasteiger partial charge in [0.1, 0.15) is 24.2 Å². The van der Waals surface area contributed by atoms with Crippen molar-refractivity contribution < 1.29 is 42.8 Å². The van der Waals surface area contributed by atoms with Crippen LogP contribution in [0.2, 0.25) is 0 Å².